The summed E-state index contributed by atoms with van der Waals surface area (Å²) in [4.78, 5) is 18.0. The number of nitrogens with zero attached hydrogens (tertiary/aromatic N) is 1. The zero-order valence-electron chi connectivity index (χ0n) is 24.3. The number of hydrogen-bond acceptors (Lipinski definition) is 3. The van der Waals surface area contributed by atoms with Crippen LogP contribution in [0.25, 0.3) is 0 Å². The molecule has 0 spiro atoms. The zero-order valence-corrected chi connectivity index (χ0v) is 32.6. The molecular formula is C30H57NO4U2. The van der Waals surface area contributed by atoms with Crippen LogP contribution in [0.15, 0.2) is 48.5 Å². The minimum atomic E-state index is -0.833. The molecule has 2 aromatic rings. The first-order valence-electron chi connectivity index (χ1n) is 11.5. The third-order valence-electron chi connectivity index (χ3n) is 2.32. The van der Waals surface area contributed by atoms with Crippen molar-refractivity contribution in [3.63, 3.8) is 0 Å². The van der Waals surface area contributed by atoms with Crippen LogP contribution in [0.2, 0.25) is 0 Å². The van der Waals surface area contributed by atoms with Crippen molar-refractivity contribution < 1.29 is 82.0 Å². The van der Waals surface area contributed by atoms with Crippen LogP contribution >= 0.6 is 0 Å². The summed E-state index contributed by atoms with van der Waals surface area (Å²) in [5.74, 6) is -1.67. The van der Waals surface area contributed by atoms with Gasteiger partial charge < -0.3 is 10.2 Å². The number of carboxylic acids is 2. The van der Waals surface area contributed by atoms with E-state index in [1.54, 1.807) is 6.07 Å². The van der Waals surface area contributed by atoms with Crippen molar-refractivity contribution >= 4 is 11.9 Å². The van der Waals surface area contributed by atoms with E-state index in [0.717, 1.165) is 25.0 Å². The van der Waals surface area contributed by atoms with Gasteiger partial charge in [0.1, 0.15) is 0 Å². The minimum absolute atomic E-state index is 0. The number of aryl methyl sites for hydroxylation is 3. The molecule has 0 saturated heterocycles. The Morgan fingerprint density at radius 3 is 0.973 bits per heavy atom. The quantitative estimate of drug-likeness (QED) is 0.274. The molecule has 37 heavy (non-hydrogen) atoms. The first kappa shape index (κ1) is 65.2. The van der Waals surface area contributed by atoms with E-state index in [4.69, 9.17) is 25.1 Å². The number of carboxylic acid groups (broad SMARTS) is 2. The number of aliphatic carboxylic acids is 2. The molecule has 0 heterocycles. The third kappa shape index (κ3) is 86.4. The fraction of sp³-hybridized carbons (Fsp3) is 0.500. The van der Waals surface area contributed by atoms with Gasteiger partial charge in [-0.15, -0.1) is 0 Å². The molecule has 0 saturated carbocycles. The Balaban J connectivity index is -0.0000000302. The van der Waals surface area contributed by atoms with E-state index in [0.29, 0.717) is 0 Å². The van der Waals surface area contributed by atoms with E-state index in [1.165, 1.54) is 11.1 Å². The average Bonchev–Trinajstić information content (AvgIpc) is 2.79. The van der Waals surface area contributed by atoms with Gasteiger partial charge in [-0.25, -0.2) is 0 Å². The maximum absolute atomic E-state index is 9.00. The molecule has 0 radical (unpaired) electrons. The van der Waals surface area contributed by atoms with E-state index in [1.807, 2.05) is 80.5 Å². The summed E-state index contributed by atoms with van der Waals surface area (Å²) in [5.41, 5.74) is 4.54. The van der Waals surface area contributed by atoms with Gasteiger partial charge in [0.15, 0.2) is 0 Å². The molecule has 0 atom stereocenters. The standard InChI is InChI=1S/C8H7N.C8H10.2C2H4O2.4C2H6.2CH4.2U/c1-7-3-2-4-8(5-7)6-9;1-7-4-3-5-8(2)6-7;2*1-2(3)4;4*1-2;;;;/h2-5H,1H3;3-6H,1-2H3;2*1H3,(H,3,4);4*1-2H3;2*1H4;;. The SMILES string of the molecule is C.C.CC.CC.CC.CC.CC(=O)O.CC(=O)O.Cc1cccc(C#N)c1.Cc1cccc(C)c1.[U].[U]. The maximum atomic E-state index is 9.00. The van der Waals surface area contributed by atoms with Gasteiger partial charge in [0.05, 0.1) is 11.6 Å². The first-order chi connectivity index (χ1) is 15.6. The molecular weight excluding hydrogens is 914 g/mol. The Kier molecular flexibility index (Phi) is 105. The topological polar surface area (TPSA) is 98.4 Å². The van der Waals surface area contributed by atoms with Crippen LogP contribution in [0, 0.1) is 94.3 Å². The second-order valence-electron chi connectivity index (χ2n) is 5.18. The second kappa shape index (κ2) is 59.8. The molecule has 2 rings (SSSR count). The third-order valence-corrected chi connectivity index (χ3v) is 2.32. The van der Waals surface area contributed by atoms with Gasteiger partial charge in [0.25, 0.3) is 11.9 Å². The Morgan fingerprint density at radius 2 is 0.838 bits per heavy atom. The van der Waals surface area contributed by atoms with Crippen LogP contribution in [0.1, 0.15) is 106 Å². The number of nitriles is 1. The van der Waals surface area contributed by atoms with Crippen molar-refractivity contribution in [2.75, 3.05) is 0 Å². The molecule has 5 nitrogen and oxygen atoms in total. The van der Waals surface area contributed by atoms with E-state index in [-0.39, 0.29) is 77.1 Å². The number of carbonyl (C=O) groups is 2. The smallest absolute Gasteiger partial charge is 0.300 e. The first-order valence-corrected chi connectivity index (χ1v) is 11.5. The molecule has 0 amide bonds. The summed E-state index contributed by atoms with van der Waals surface area (Å²) in [6.45, 7) is 24.3. The Bertz CT molecular complexity index is 679. The Hall–Kier alpha value is -1.03. The van der Waals surface area contributed by atoms with Gasteiger partial charge in [-0.05, 0) is 38.5 Å². The maximum Gasteiger partial charge on any atom is 0.300 e. The van der Waals surface area contributed by atoms with Gasteiger partial charge in [0, 0.05) is 76.1 Å². The molecule has 0 bridgehead atoms. The average molecular weight is 972 g/mol. The molecule has 2 N–H and O–H groups in total. The Labute approximate surface area is 278 Å². The van der Waals surface area contributed by atoms with Crippen LogP contribution in [-0.2, 0) is 9.59 Å². The molecule has 0 fully saturated rings. The summed E-state index contributed by atoms with van der Waals surface area (Å²) in [6, 6.07) is 18.0. The second-order valence-corrected chi connectivity index (χ2v) is 5.18. The molecule has 2 aromatic carbocycles. The van der Waals surface area contributed by atoms with Crippen LogP contribution in [0.3, 0.4) is 0 Å². The molecule has 0 aliphatic heterocycles. The molecule has 0 aliphatic rings. The zero-order chi connectivity index (χ0) is 27.8. The predicted molar refractivity (Wildman–Crippen MR) is 157 cm³/mol. The monoisotopic (exact) mass is 972 g/mol. The minimum Gasteiger partial charge on any atom is -0.481 e. The van der Waals surface area contributed by atoms with Crippen molar-refractivity contribution in [3.05, 3.63) is 70.8 Å². The van der Waals surface area contributed by atoms with Gasteiger partial charge >= 0.3 is 0 Å². The Morgan fingerprint density at radius 1 is 0.622 bits per heavy atom. The molecule has 0 aliphatic carbocycles. The fourth-order valence-electron chi connectivity index (χ4n) is 1.52. The van der Waals surface area contributed by atoms with Gasteiger partial charge in [-0.2, -0.15) is 5.26 Å². The summed E-state index contributed by atoms with van der Waals surface area (Å²) < 4.78 is 0. The van der Waals surface area contributed by atoms with Crippen LogP contribution < -0.4 is 0 Å². The molecule has 0 aromatic heterocycles. The van der Waals surface area contributed by atoms with E-state index >= 15 is 0 Å². The van der Waals surface area contributed by atoms with Crippen molar-refractivity contribution in [2.24, 2.45) is 0 Å². The van der Waals surface area contributed by atoms with Crippen molar-refractivity contribution in [3.8, 4) is 6.07 Å². The number of hydrogen-bond donors (Lipinski definition) is 2. The molecule has 214 valence electrons. The number of rotatable bonds is 0. The van der Waals surface area contributed by atoms with E-state index < -0.39 is 11.9 Å². The summed E-state index contributed by atoms with van der Waals surface area (Å²) in [6.07, 6.45) is 0. The number of benzene rings is 2. The van der Waals surface area contributed by atoms with E-state index in [2.05, 4.69) is 44.2 Å². The van der Waals surface area contributed by atoms with Crippen molar-refractivity contribution in [1.82, 2.24) is 0 Å². The summed E-state index contributed by atoms with van der Waals surface area (Å²) >= 11 is 0. The van der Waals surface area contributed by atoms with Gasteiger partial charge in [-0.3, -0.25) is 9.59 Å². The molecule has 0 unspecified atom stereocenters. The van der Waals surface area contributed by atoms with Crippen molar-refractivity contribution in [1.29, 1.82) is 5.26 Å². The summed E-state index contributed by atoms with van der Waals surface area (Å²) in [7, 11) is 0. The van der Waals surface area contributed by atoms with Crippen LogP contribution in [0.5, 0.6) is 0 Å². The normalized spacial score (nSPS) is 6.05. The van der Waals surface area contributed by atoms with Crippen molar-refractivity contribution in [2.45, 2.75) is 105 Å². The van der Waals surface area contributed by atoms with E-state index in [9.17, 15) is 0 Å². The fourth-order valence-corrected chi connectivity index (χ4v) is 1.52. The van der Waals surface area contributed by atoms with Crippen LogP contribution in [-0.4, -0.2) is 22.2 Å². The predicted octanol–water partition coefficient (Wildman–Crippen LogP) is 9.73. The summed E-state index contributed by atoms with van der Waals surface area (Å²) in [5, 5.41) is 23.2. The molecule has 7 heteroatoms. The van der Waals surface area contributed by atoms with Gasteiger partial charge in [-0.1, -0.05) is 118 Å². The van der Waals surface area contributed by atoms with Crippen LogP contribution in [0.4, 0.5) is 0 Å². The van der Waals surface area contributed by atoms with Gasteiger partial charge in [0.2, 0.25) is 0 Å². The largest absolute Gasteiger partial charge is 0.481 e.